The number of piperidine rings is 1. The first-order valence-electron chi connectivity index (χ1n) is 8.88. The van der Waals surface area contributed by atoms with Crippen LogP contribution in [-0.4, -0.2) is 35.0 Å². The van der Waals surface area contributed by atoms with Gasteiger partial charge in [0.05, 0.1) is 5.69 Å². The van der Waals surface area contributed by atoms with Gasteiger partial charge in [-0.2, -0.15) is 0 Å². The summed E-state index contributed by atoms with van der Waals surface area (Å²) in [6, 6.07) is 8.80. The second kappa shape index (κ2) is 7.21. The maximum atomic E-state index is 11.2. The molecule has 3 rings (SSSR count). The Hall–Kier alpha value is -2.43. The van der Waals surface area contributed by atoms with Gasteiger partial charge in [0.15, 0.2) is 0 Å². The summed E-state index contributed by atoms with van der Waals surface area (Å²) in [6.07, 6.45) is 1.89. The number of benzene rings is 1. The van der Waals surface area contributed by atoms with Crippen LogP contribution in [0.2, 0.25) is 0 Å². The van der Waals surface area contributed by atoms with E-state index in [2.05, 4.69) is 58.3 Å². The zero-order valence-electron chi connectivity index (χ0n) is 15.5. The van der Waals surface area contributed by atoms with Crippen LogP contribution >= 0.6 is 0 Å². The minimum atomic E-state index is 0.0494. The Morgan fingerprint density at radius 2 is 1.80 bits per heavy atom. The van der Waals surface area contributed by atoms with Gasteiger partial charge in [0.1, 0.15) is 11.6 Å². The molecule has 1 aliphatic heterocycles. The minimum absolute atomic E-state index is 0.0494. The summed E-state index contributed by atoms with van der Waals surface area (Å²) in [7, 11) is 0. The SMILES string of the molecule is CC(=O)NC1CCN(c2cc(-c3ccc(C)c(C)c3)nc(C)n2)CC1. The lowest BCUT2D eigenvalue weighted by atomic mass is 10.0. The van der Waals surface area contributed by atoms with E-state index in [0.29, 0.717) is 0 Å². The number of rotatable bonds is 3. The van der Waals surface area contributed by atoms with Crippen molar-refractivity contribution in [2.45, 2.75) is 46.6 Å². The molecular formula is C20H26N4O. The van der Waals surface area contributed by atoms with Crippen molar-refractivity contribution >= 4 is 11.7 Å². The molecule has 1 aliphatic rings. The van der Waals surface area contributed by atoms with Crippen molar-refractivity contribution in [2.24, 2.45) is 0 Å². The molecule has 132 valence electrons. The maximum absolute atomic E-state index is 11.2. The standard InChI is InChI=1S/C20H26N4O/c1-13-5-6-17(11-14(13)2)19-12-20(22-15(3)21-19)24-9-7-18(8-10-24)23-16(4)25/h5-6,11-12,18H,7-10H2,1-4H3,(H,23,25). The summed E-state index contributed by atoms with van der Waals surface area (Å²) in [5.41, 5.74) is 4.65. The summed E-state index contributed by atoms with van der Waals surface area (Å²) in [4.78, 5) is 22.8. The highest BCUT2D eigenvalue weighted by Crippen LogP contribution is 2.25. The normalized spacial score (nSPS) is 15.3. The Balaban J connectivity index is 1.80. The van der Waals surface area contributed by atoms with Crippen LogP contribution in [0, 0.1) is 20.8 Å². The Morgan fingerprint density at radius 3 is 2.44 bits per heavy atom. The van der Waals surface area contributed by atoms with Crippen LogP contribution in [-0.2, 0) is 4.79 Å². The number of carbonyl (C=O) groups excluding carboxylic acids is 1. The number of nitrogens with zero attached hydrogens (tertiary/aromatic N) is 3. The fourth-order valence-electron chi connectivity index (χ4n) is 3.30. The van der Waals surface area contributed by atoms with E-state index in [-0.39, 0.29) is 11.9 Å². The van der Waals surface area contributed by atoms with Crippen molar-refractivity contribution in [1.82, 2.24) is 15.3 Å². The van der Waals surface area contributed by atoms with Gasteiger partial charge in [0.2, 0.25) is 5.91 Å². The third-order valence-electron chi connectivity index (χ3n) is 4.85. The number of nitrogens with one attached hydrogen (secondary N) is 1. The molecule has 5 nitrogen and oxygen atoms in total. The minimum Gasteiger partial charge on any atom is -0.356 e. The fourth-order valence-corrected chi connectivity index (χ4v) is 3.30. The van der Waals surface area contributed by atoms with E-state index >= 15 is 0 Å². The third-order valence-corrected chi connectivity index (χ3v) is 4.85. The zero-order chi connectivity index (χ0) is 18.0. The van der Waals surface area contributed by atoms with E-state index in [4.69, 9.17) is 0 Å². The van der Waals surface area contributed by atoms with Crippen LogP contribution < -0.4 is 10.2 Å². The van der Waals surface area contributed by atoms with Crippen LogP contribution in [0.5, 0.6) is 0 Å². The van der Waals surface area contributed by atoms with Crippen LogP contribution in [0.4, 0.5) is 5.82 Å². The topological polar surface area (TPSA) is 58.1 Å². The number of hydrogen-bond donors (Lipinski definition) is 1. The molecule has 0 bridgehead atoms. The van der Waals surface area contributed by atoms with Crippen molar-refractivity contribution in [3.05, 3.63) is 41.2 Å². The van der Waals surface area contributed by atoms with Gasteiger partial charge >= 0.3 is 0 Å². The molecule has 0 spiro atoms. The molecule has 1 aromatic carbocycles. The van der Waals surface area contributed by atoms with E-state index < -0.39 is 0 Å². The molecule has 5 heteroatoms. The predicted octanol–water partition coefficient (Wildman–Crippen LogP) is 3.17. The van der Waals surface area contributed by atoms with Crippen molar-refractivity contribution in [3.8, 4) is 11.3 Å². The molecule has 0 atom stereocenters. The first-order valence-corrected chi connectivity index (χ1v) is 8.88. The second-order valence-electron chi connectivity index (χ2n) is 6.92. The third kappa shape index (κ3) is 4.16. The molecule has 0 saturated carbocycles. The average molecular weight is 338 g/mol. The molecule has 0 unspecified atom stereocenters. The van der Waals surface area contributed by atoms with Crippen LogP contribution in [0.25, 0.3) is 11.3 Å². The molecular weight excluding hydrogens is 312 g/mol. The van der Waals surface area contributed by atoms with Crippen LogP contribution in [0.3, 0.4) is 0 Å². The highest BCUT2D eigenvalue weighted by molar-refractivity contribution is 5.73. The van der Waals surface area contributed by atoms with Crippen molar-refractivity contribution in [1.29, 1.82) is 0 Å². The molecule has 1 N–H and O–H groups in total. The zero-order valence-corrected chi connectivity index (χ0v) is 15.5. The Labute approximate surface area is 149 Å². The Morgan fingerprint density at radius 1 is 1.08 bits per heavy atom. The van der Waals surface area contributed by atoms with Gasteiger partial charge < -0.3 is 10.2 Å². The predicted molar refractivity (Wildman–Crippen MR) is 101 cm³/mol. The smallest absolute Gasteiger partial charge is 0.217 e. The molecule has 2 aromatic rings. The first kappa shape index (κ1) is 17.4. The van der Waals surface area contributed by atoms with Crippen LogP contribution in [0.1, 0.15) is 36.7 Å². The summed E-state index contributed by atoms with van der Waals surface area (Å²) >= 11 is 0. The fraction of sp³-hybridized carbons (Fsp3) is 0.450. The van der Waals surface area contributed by atoms with Crippen molar-refractivity contribution < 1.29 is 4.79 Å². The number of anilines is 1. The quantitative estimate of drug-likeness (QED) is 0.934. The molecule has 1 saturated heterocycles. The largest absolute Gasteiger partial charge is 0.356 e. The van der Waals surface area contributed by atoms with Crippen LogP contribution in [0.15, 0.2) is 24.3 Å². The highest BCUT2D eigenvalue weighted by atomic mass is 16.1. The number of hydrogen-bond acceptors (Lipinski definition) is 4. The molecule has 25 heavy (non-hydrogen) atoms. The number of amides is 1. The van der Waals surface area contributed by atoms with Gasteiger partial charge in [-0.05, 0) is 50.8 Å². The molecule has 1 aromatic heterocycles. The van der Waals surface area contributed by atoms with Crippen molar-refractivity contribution in [3.63, 3.8) is 0 Å². The van der Waals surface area contributed by atoms with E-state index in [0.717, 1.165) is 48.8 Å². The molecule has 1 fully saturated rings. The van der Waals surface area contributed by atoms with Gasteiger partial charge in [-0.15, -0.1) is 0 Å². The number of carbonyl (C=O) groups is 1. The number of aromatic nitrogens is 2. The highest BCUT2D eigenvalue weighted by Gasteiger charge is 2.21. The molecule has 0 aliphatic carbocycles. The first-order chi connectivity index (χ1) is 11.9. The lowest BCUT2D eigenvalue weighted by Gasteiger charge is -2.33. The Kier molecular flexibility index (Phi) is 5.02. The van der Waals surface area contributed by atoms with E-state index in [1.54, 1.807) is 6.92 Å². The Bertz CT molecular complexity index is 779. The van der Waals surface area contributed by atoms with E-state index in [9.17, 15) is 4.79 Å². The average Bonchev–Trinajstić information content (AvgIpc) is 2.57. The van der Waals surface area contributed by atoms with Gasteiger partial charge in [0, 0.05) is 37.7 Å². The van der Waals surface area contributed by atoms with Crippen molar-refractivity contribution in [2.75, 3.05) is 18.0 Å². The number of aryl methyl sites for hydroxylation is 3. The summed E-state index contributed by atoms with van der Waals surface area (Å²) < 4.78 is 0. The second-order valence-corrected chi connectivity index (χ2v) is 6.92. The monoisotopic (exact) mass is 338 g/mol. The van der Waals surface area contributed by atoms with E-state index in [1.807, 2.05) is 6.92 Å². The summed E-state index contributed by atoms with van der Waals surface area (Å²) in [6.45, 7) is 9.56. The maximum Gasteiger partial charge on any atom is 0.217 e. The lowest BCUT2D eigenvalue weighted by molar-refractivity contribution is -0.119. The lowest BCUT2D eigenvalue weighted by Crippen LogP contribution is -2.44. The van der Waals surface area contributed by atoms with Gasteiger partial charge in [-0.1, -0.05) is 12.1 Å². The van der Waals surface area contributed by atoms with Gasteiger partial charge in [-0.25, -0.2) is 9.97 Å². The van der Waals surface area contributed by atoms with E-state index in [1.165, 1.54) is 11.1 Å². The summed E-state index contributed by atoms with van der Waals surface area (Å²) in [5, 5.41) is 3.02. The molecule has 1 amide bonds. The molecule has 2 heterocycles. The van der Waals surface area contributed by atoms with Gasteiger partial charge in [-0.3, -0.25) is 4.79 Å². The molecule has 0 radical (unpaired) electrons. The van der Waals surface area contributed by atoms with Gasteiger partial charge in [0.25, 0.3) is 0 Å². The summed E-state index contributed by atoms with van der Waals surface area (Å²) in [5.74, 6) is 1.81.